The quantitative estimate of drug-likeness (QED) is 0.423. The molecule has 1 heterocycles. The maximum Gasteiger partial charge on any atom is 0.123 e. The zero-order valence-electron chi connectivity index (χ0n) is 19.4. The third-order valence-corrected chi connectivity index (χ3v) is 5.37. The Labute approximate surface area is 198 Å². The number of carbonyl (C=O) groups excluding carboxylic acids is 1. The Morgan fingerprint density at radius 2 is 1.88 bits per heavy atom. The monoisotopic (exact) mass is 466 g/mol. The lowest BCUT2D eigenvalue weighted by Gasteiger charge is -2.15. The molecule has 34 heavy (non-hydrogen) atoms. The summed E-state index contributed by atoms with van der Waals surface area (Å²) in [5.41, 5.74) is 3.93. The van der Waals surface area contributed by atoms with Crippen molar-refractivity contribution in [3.8, 4) is 22.5 Å². The lowest BCUT2D eigenvalue weighted by Crippen LogP contribution is -2.29. The Balaban J connectivity index is 2.12. The van der Waals surface area contributed by atoms with Crippen LogP contribution in [0.5, 0.6) is 0 Å². The van der Waals surface area contributed by atoms with Crippen molar-refractivity contribution in [2.45, 2.75) is 44.8 Å². The Kier molecular flexibility index (Phi) is 8.20. The fourth-order valence-electron chi connectivity index (χ4n) is 3.73. The van der Waals surface area contributed by atoms with Gasteiger partial charge in [0.15, 0.2) is 0 Å². The van der Waals surface area contributed by atoms with E-state index >= 15 is 0 Å². The van der Waals surface area contributed by atoms with Crippen molar-refractivity contribution < 1.29 is 24.5 Å². The molecule has 0 radical (unpaired) electrons. The van der Waals surface area contributed by atoms with Gasteiger partial charge in [0.05, 0.1) is 23.6 Å². The molecule has 7 nitrogen and oxygen atoms in total. The van der Waals surface area contributed by atoms with Crippen molar-refractivity contribution in [3.05, 3.63) is 66.2 Å². The summed E-state index contributed by atoms with van der Waals surface area (Å²) in [5, 5.41) is 34.0. The zero-order valence-corrected chi connectivity index (χ0v) is 19.4. The predicted molar refractivity (Wildman–Crippen MR) is 128 cm³/mol. The van der Waals surface area contributed by atoms with E-state index in [0.717, 1.165) is 28.3 Å². The van der Waals surface area contributed by atoms with Gasteiger partial charge in [0.25, 0.3) is 0 Å². The number of benzene rings is 2. The van der Waals surface area contributed by atoms with Crippen molar-refractivity contribution in [1.29, 1.82) is 0 Å². The molecule has 3 aromatic rings. The number of imidazole rings is 1. The first-order valence-electron chi connectivity index (χ1n) is 11.1. The van der Waals surface area contributed by atoms with Crippen LogP contribution in [0.2, 0.25) is 0 Å². The standard InChI is InChI=1S/C26H30FN3O4/c1-16(2)26-29-24(18-5-4-6-20(13-18)28-3)25(17-7-9-19(27)10-8-17)30(26)12-11-21(31)14-22(32)15-23(33)34/h4-13,16,21-22,28,31-32H,14-15H2,1-3H3,(H,33,34)/p-1/b12-11+/t21-,22-/m1/s1. The Bertz CT molecular complexity index is 1160. The van der Waals surface area contributed by atoms with Gasteiger partial charge in [-0.25, -0.2) is 9.37 Å². The van der Waals surface area contributed by atoms with Gasteiger partial charge in [0, 0.05) is 54.8 Å². The van der Waals surface area contributed by atoms with E-state index in [0.29, 0.717) is 5.69 Å². The molecule has 2 aromatic carbocycles. The van der Waals surface area contributed by atoms with Gasteiger partial charge < -0.3 is 30.0 Å². The molecule has 0 saturated heterocycles. The Morgan fingerprint density at radius 3 is 2.50 bits per heavy atom. The molecule has 0 spiro atoms. The third kappa shape index (κ3) is 6.09. The number of carbonyl (C=O) groups is 1. The van der Waals surface area contributed by atoms with Crippen LogP contribution in [-0.2, 0) is 4.79 Å². The molecule has 0 aliphatic heterocycles. The summed E-state index contributed by atoms with van der Waals surface area (Å²) in [5.74, 6) is -0.994. The number of carboxylic acid groups (broad SMARTS) is 1. The summed E-state index contributed by atoms with van der Waals surface area (Å²) in [4.78, 5) is 15.6. The molecule has 2 atom stereocenters. The first-order chi connectivity index (χ1) is 16.2. The number of hydrogen-bond donors (Lipinski definition) is 3. The van der Waals surface area contributed by atoms with Gasteiger partial charge in [-0.3, -0.25) is 0 Å². The minimum atomic E-state index is -1.38. The summed E-state index contributed by atoms with van der Waals surface area (Å²) in [6.07, 6.45) is 0.108. The largest absolute Gasteiger partial charge is 0.550 e. The molecular weight excluding hydrogens is 437 g/mol. The highest BCUT2D eigenvalue weighted by Gasteiger charge is 2.21. The van der Waals surface area contributed by atoms with Gasteiger partial charge in [-0.1, -0.05) is 26.0 Å². The number of rotatable bonds is 10. The third-order valence-electron chi connectivity index (χ3n) is 5.37. The molecule has 0 unspecified atom stereocenters. The van der Waals surface area contributed by atoms with Crippen molar-refractivity contribution in [1.82, 2.24) is 9.55 Å². The number of nitrogens with one attached hydrogen (secondary N) is 1. The van der Waals surface area contributed by atoms with E-state index in [1.54, 1.807) is 18.3 Å². The Morgan fingerprint density at radius 1 is 1.18 bits per heavy atom. The van der Waals surface area contributed by atoms with Crippen LogP contribution in [0.4, 0.5) is 10.1 Å². The van der Waals surface area contributed by atoms with Crippen LogP contribution in [0.15, 0.2) is 54.6 Å². The van der Waals surface area contributed by atoms with Gasteiger partial charge in [0.2, 0.25) is 0 Å². The number of aliphatic hydroxyl groups is 2. The topological polar surface area (TPSA) is 110 Å². The highest BCUT2D eigenvalue weighted by Crippen LogP contribution is 2.36. The number of carboxylic acids is 1. The van der Waals surface area contributed by atoms with Gasteiger partial charge in [0.1, 0.15) is 11.6 Å². The van der Waals surface area contributed by atoms with Crippen LogP contribution in [-0.4, -0.2) is 45.0 Å². The summed E-state index contributed by atoms with van der Waals surface area (Å²) in [6, 6.07) is 13.9. The Hall–Kier alpha value is -3.49. The van der Waals surface area contributed by atoms with Crippen LogP contribution in [0.1, 0.15) is 38.4 Å². The molecule has 180 valence electrons. The molecule has 1 aromatic heterocycles. The predicted octanol–water partition coefficient (Wildman–Crippen LogP) is 3.24. The van der Waals surface area contributed by atoms with E-state index in [1.807, 2.05) is 49.7 Å². The number of aliphatic hydroxyl groups excluding tert-OH is 2. The van der Waals surface area contributed by atoms with Crippen LogP contribution in [0, 0.1) is 5.82 Å². The fourth-order valence-corrected chi connectivity index (χ4v) is 3.73. The van der Waals surface area contributed by atoms with E-state index in [4.69, 9.17) is 4.98 Å². The number of hydrogen-bond acceptors (Lipinski definition) is 6. The van der Waals surface area contributed by atoms with E-state index in [2.05, 4.69) is 5.32 Å². The average molecular weight is 467 g/mol. The smallest absolute Gasteiger partial charge is 0.123 e. The zero-order chi connectivity index (χ0) is 24.8. The van der Waals surface area contributed by atoms with Crippen LogP contribution < -0.4 is 10.4 Å². The molecule has 0 amide bonds. The lowest BCUT2D eigenvalue weighted by molar-refractivity contribution is -0.307. The molecule has 3 N–H and O–H groups in total. The van der Waals surface area contributed by atoms with Crippen LogP contribution in [0.25, 0.3) is 28.7 Å². The molecule has 0 aliphatic carbocycles. The van der Waals surface area contributed by atoms with E-state index < -0.39 is 24.6 Å². The summed E-state index contributed by atoms with van der Waals surface area (Å²) >= 11 is 0. The summed E-state index contributed by atoms with van der Waals surface area (Å²) in [6.45, 7) is 3.99. The van der Waals surface area contributed by atoms with Gasteiger partial charge in [-0.15, -0.1) is 0 Å². The first-order valence-corrected chi connectivity index (χ1v) is 11.1. The first kappa shape index (κ1) is 25.1. The molecule has 0 bridgehead atoms. The minimum absolute atomic E-state index is 0.0194. The van der Waals surface area contributed by atoms with E-state index in [9.17, 15) is 24.5 Å². The van der Waals surface area contributed by atoms with Crippen molar-refractivity contribution in [3.63, 3.8) is 0 Å². The number of halogens is 1. The molecule has 0 fully saturated rings. The van der Waals surface area contributed by atoms with Crippen molar-refractivity contribution in [2.75, 3.05) is 12.4 Å². The van der Waals surface area contributed by atoms with Crippen molar-refractivity contribution >= 4 is 17.9 Å². The highest BCUT2D eigenvalue weighted by molar-refractivity contribution is 5.82. The second-order valence-corrected chi connectivity index (χ2v) is 8.40. The van der Waals surface area contributed by atoms with Crippen molar-refractivity contribution in [2.24, 2.45) is 0 Å². The van der Waals surface area contributed by atoms with E-state index in [1.165, 1.54) is 18.2 Å². The number of anilines is 1. The van der Waals surface area contributed by atoms with Crippen LogP contribution in [0.3, 0.4) is 0 Å². The maximum atomic E-state index is 13.7. The molecular formula is C26H29FN3O4-. The maximum absolute atomic E-state index is 13.7. The second-order valence-electron chi connectivity index (χ2n) is 8.40. The van der Waals surface area contributed by atoms with Gasteiger partial charge in [-0.05, 0) is 42.5 Å². The fraction of sp³-hybridized carbons (Fsp3) is 0.308. The number of aromatic nitrogens is 2. The SMILES string of the molecule is CNc1cccc(-c2nc(C(C)C)n(/C=C/[C@@H](O)C[C@@H](O)CC(=O)[O-])c2-c2ccc(F)cc2)c1. The number of aliphatic carboxylic acids is 1. The summed E-state index contributed by atoms with van der Waals surface area (Å²) in [7, 11) is 1.83. The molecule has 3 rings (SSSR count). The van der Waals surface area contributed by atoms with E-state index in [-0.39, 0.29) is 18.2 Å². The highest BCUT2D eigenvalue weighted by atomic mass is 19.1. The summed E-state index contributed by atoms with van der Waals surface area (Å²) < 4.78 is 15.5. The second kappa shape index (κ2) is 11.1. The van der Waals surface area contributed by atoms with Gasteiger partial charge >= 0.3 is 0 Å². The van der Waals surface area contributed by atoms with Gasteiger partial charge in [-0.2, -0.15) is 0 Å². The molecule has 0 saturated carbocycles. The lowest BCUT2D eigenvalue weighted by atomic mass is 10.0. The minimum Gasteiger partial charge on any atom is -0.550 e. The average Bonchev–Trinajstić information content (AvgIpc) is 3.17. The molecule has 0 aliphatic rings. The normalized spacial score (nSPS) is 13.4. The van der Waals surface area contributed by atoms with Crippen LogP contribution >= 0.6 is 0 Å². The number of nitrogens with zero attached hydrogens (tertiary/aromatic N) is 2. The molecule has 8 heteroatoms.